The number of hydrogen-bond acceptors (Lipinski definition) is 8. The van der Waals surface area contributed by atoms with Crippen molar-refractivity contribution in [1.29, 1.82) is 0 Å². The number of thioether (sulfide) groups is 1. The topological polar surface area (TPSA) is 54.8 Å². The van der Waals surface area contributed by atoms with Gasteiger partial charge in [0, 0.05) is 20.2 Å². The Morgan fingerprint density at radius 2 is 2.06 bits per heavy atom. The number of nitrogens with zero attached hydrogens (tertiary/aromatic N) is 5. The molecule has 0 spiro atoms. The first kappa shape index (κ1) is 13.9. The fourth-order valence-electron chi connectivity index (χ4n) is 1.03. The molecule has 18 heavy (non-hydrogen) atoms. The summed E-state index contributed by atoms with van der Waals surface area (Å²) in [5.41, 5.74) is 0. The van der Waals surface area contributed by atoms with Gasteiger partial charge in [-0.1, -0.05) is 34.7 Å². The minimum Gasteiger partial charge on any atom is -0.353 e. The van der Waals surface area contributed by atoms with Gasteiger partial charge in [0.15, 0.2) is 9.50 Å². The van der Waals surface area contributed by atoms with Crippen LogP contribution in [0.2, 0.25) is 5.15 Å². The van der Waals surface area contributed by atoms with E-state index in [9.17, 15) is 0 Å². The summed E-state index contributed by atoms with van der Waals surface area (Å²) in [6.45, 7) is 0. The Morgan fingerprint density at radius 1 is 1.28 bits per heavy atom. The van der Waals surface area contributed by atoms with Crippen LogP contribution in [0.3, 0.4) is 0 Å². The van der Waals surface area contributed by atoms with E-state index < -0.39 is 0 Å². The molecule has 9 heteroatoms. The predicted molar refractivity (Wildman–Crippen MR) is 77.2 cm³/mol. The molecule has 0 aliphatic carbocycles. The van der Waals surface area contributed by atoms with Crippen molar-refractivity contribution in [2.24, 2.45) is 0 Å². The summed E-state index contributed by atoms with van der Waals surface area (Å²) in [5.74, 6) is 0. The lowest BCUT2D eigenvalue weighted by molar-refractivity contribution is 0.891. The molecule has 0 aliphatic rings. The average molecular weight is 320 g/mol. The van der Waals surface area contributed by atoms with Crippen LogP contribution < -0.4 is 4.90 Å². The first-order valence-electron chi connectivity index (χ1n) is 4.85. The summed E-state index contributed by atoms with van der Waals surface area (Å²) in [7, 11) is 3.87. The Bertz CT molecular complexity index is 545. The van der Waals surface area contributed by atoms with Crippen LogP contribution in [0.25, 0.3) is 0 Å². The van der Waals surface area contributed by atoms with E-state index >= 15 is 0 Å². The number of anilines is 1. The van der Waals surface area contributed by atoms with E-state index in [1.807, 2.05) is 25.3 Å². The zero-order valence-electron chi connectivity index (χ0n) is 9.92. The second kappa shape index (κ2) is 6.05. The summed E-state index contributed by atoms with van der Waals surface area (Å²) >= 11 is 10.3. The Kier molecular flexibility index (Phi) is 4.66. The fraction of sp³-hybridized carbons (Fsp3) is 0.333. The summed E-state index contributed by atoms with van der Waals surface area (Å²) in [4.78, 5) is 10.4. The van der Waals surface area contributed by atoms with Crippen LogP contribution in [-0.4, -0.2) is 40.5 Å². The molecule has 0 N–H and O–H groups in total. The molecule has 0 aliphatic heterocycles. The maximum absolute atomic E-state index is 5.93. The SMILES string of the molecule is CSc1nc(Cl)cc(Sc2nnc(N(C)C)s2)n1. The maximum atomic E-state index is 5.93. The van der Waals surface area contributed by atoms with E-state index in [1.54, 1.807) is 6.07 Å². The molecule has 0 fully saturated rings. The van der Waals surface area contributed by atoms with E-state index in [2.05, 4.69) is 20.2 Å². The van der Waals surface area contributed by atoms with E-state index in [0.29, 0.717) is 10.3 Å². The van der Waals surface area contributed by atoms with Gasteiger partial charge in [-0.15, -0.1) is 10.2 Å². The van der Waals surface area contributed by atoms with Crippen molar-refractivity contribution in [3.63, 3.8) is 0 Å². The fourth-order valence-corrected chi connectivity index (χ4v) is 3.48. The first-order chi connectivity index (χ1) is 8.58. The highest BCUT2D eigenvalue weighted by atomic mass is 35.5. The summed E-state index contributed by atoms with van der Waals surface area (Å²) in [6, 6.07) is 1.72. The summed E-state index contributed by atoms with van der Waals surface area (Å²) < 4.78 is 0.834. The molecule has 0 radical (unpaired) electrons. The van der Waals surface area contributed by atoms with Crippen molar-refractivity contribution in [3.05, 3.63) is 11.2 Å². The van der Waals surface area contributed by atoms with Crippen LogP contribution in [0.5, 0.6) is 0 Å². The van der Waals surface area contributed by atoms with Gasteiger partial charge in [-0.3, -0.25) is 0 Å². The van der Waals surface area contributed by atoms with E-state index in [-0.39, 0.29) is 0 Å². The molecule has 2 aromatic rings. The monoisotopic (exact) mass is 319 g/mol. The average Bonchev–Trinajstić information content (AvgIpc) is 2.76. The van der Waals surface area contributed by atoms with Gasteiger partial charge < -0.3 is 4.90 Å². The molecule has 5 nitrogen and oxygen atoms in total. The molecule has 0 amide bonds. The number of halogens is 1. The van der Waals surface area contributed by atoms with E-state index in [4.69, 9.17) is 11.6 Å². The Balaban J connectivity index is 2.19. The Morgan fingerprint density at radius 3 is 2.67 bits per heavy atom. The third-order valence-electron chi connectivity index (χ3n) is 1.80. The number of hydrogen-bond donors (Lipinski definition) is 0. The van der Waals surface area contributed by atoms with E-state index in [0.717, 1.165) is 14.5 Å². The largest absolute Gasteiger partial charge is 0.353 e. The minimum absolute atomic E-state index is 0.439. The van der Waals surface area contributed by atoms with Gasteiger partial charge in [-0.2, -0.15) is 0 Å². The highest BCUT2D eigenvalue weighted by molar-refractivity contribution is 8.01. The van der Waals surface area contributed by atoms with Crippen LogP contribution in [0, 0.1) is 0 Å². The zero-order chi connectivity index (χ0) is 13.1. The lowest BCUT2D eigenvalue weighted by atomic mass is 10.7. The van der Waals surface area contributed by atoms with Gasteiger partial charge in [0.1, 0.15) is 10.2 Å². The number of aromatic nitrogens is 4. The van der Waals surface area contributed by atoms with Crippen LogP contribution in [0.1, 0.15) is 0 Å². The normalized spacial score (nSPS) is 10.7. The number of rotatable bonds is 4. The van der Waals surface area contributed by atoms with Crippen molar-refractivity contribution in [2.75, 3.05) is 25.3 Å². The van der Waals surface area contributed by atoms with Crippen molar-refractivity contribution in [3.8, 4) is 0 Å². The molecule has 0 bridgehead atoms. The molecule has 2 aromatic heterocycles. The Hall–Kier alpha value is -0.570. The van der Waals surface area contributed by atoms with Gasteiger partial charge in [0.2, 0.25) is 5.13 Å². The highest BCUT2D eigenvalue weighted by Gasteiger charge is 2.10. The zero-order valence-corrected chi connectivity index (χ0v) is 13.1. The lowest BCUT2D eigenvalue weighted by Gasteiger charge is -2.03. The summed E-state index contributed by atoms with van der Waals surface area (Å²) in [5, 5.41) is 10.9. The lowest BCUT2D eigenvalue weighted by Crippen LogP contribution is -2.07. The molecule has 0 atom stereocenters. The van der Waals surface area contributed by atoms with Crippen molar-refractivity contribution in [1.82, 2.24) is 20.2 Å². The smallest absolute Gasteiger partial charge is 0.208 e. The van der Waals surface area contributed by atoms with Crippen molar-refractivity contribution >= 4 is 51.6 Å². The van der Waals surface area contributed by atoms with Gasteiger partial charge in [0.25, 0.3) is 0 Å². The molecule has 0 unspecified atom stereocenters. The molecule has 2 heterocycles. The quantitative estimate of drug-likeness (QED) is 0.488. The van der Waals surface area contributed by atoms with Gasteiger partial charge in [-0.05, 0) is 18.0 Å². The van der Waals surface area contributed by atoms with Crippen molar-refractivity contribution < 1.29 is 0 Å². The molecule has 2 rings (SSSR count). The second-order valence-corrected chi connectivity index (χ2v) is 6.75. The first-order valence-corrected chi connectivity index (χ1v) is 8.09. The summed E-state index contributed by atoms with van der Waals surface area (Å²) in [6.07, 6.45) is 1.91. The third kappa shape index (κ3) is 3.47. The Labute approximate surface area is 122 Å². The molecular weight excluding hydrogens is 310 g/mol. The van der Waals surface area contributed by atoms with Crippen LogP contribution in [-0.2, 0) is 0 Å². The van der Waals surface area contributed by atoms with Crippen LogP contribution in [0.4, 0.5) is 5.13 Å². The standard InChI is InChI=1S/C9H10ClN5S3/c1-15(2)8-13-14-9(18-8)17-6-4-5(10)11-7(12-6)16-3/h4H,1-3H3. The minimum atomic E-state index is 0.439. The van der Waals surface area contributed by atoms with Gasteiger partial charge >= 0.3 is 0 Å². The second-order valence-electron chi connectivity index (χ2n) is 3.36. The van der Waals surface area contributed by atoms with E-state index in [1.165, 1.54) is 34.9 Å². The molecule has 96 valence electrons. The highest BCUT2D eigenvalue weighted by Crippen LogP contribution is 2.33. The van der Waals surface area contributed by atoms with Gasteiger partial charge in [-0.25, -0.2) is 9.97 Å². The molecule has 0 aromatic carbocycles. The third-order valence-corrected chi connectivity index (χ3v) is 4.61. The molecule has 0 saturated heterocycles. The van der Waals surface area contributed by atoms with Crippen LogP contribution in [0.15, 0.2) is 20.6 Å². The van der Waals surface area contributed by atoms with Gasteiger partial charge in [0.05, 0.1) is 0 Å². The molecular formula is C9H10ClN5S3. The maximum Gasteiger partial charge on any atom is 0.208 e. The van der Waals surface area contributed by atoms with Crippen molar-refractivity contribution in [2.45, 2.75) is 14.5 Å². The van der Waals surface area contributed by atoms with Crippen LogP contribution >= 0.6 is 46.5 Å². The predicted octanol–water partition coefficient (Wildman–Crippen LogP) is 2.92. The molecule has 0 saturated carbocycles.